The molecule has 0 saturated heterocycles. The average Bonchev–Trinajstić information content (AvgIpc) is 3.24. The molecule has 5 aromatic rings. The molecule has 5 rings (SSSR count). The minimum Gasteiger partial charge on any atom is -0.338 e. The molecule has 2 N–H and O–H groups in total. The van der Waals surface area contributed by atoms with Gasteiger partial charge >= 0.3 is 0 Å². The van der Waals surface area contributed by atoms with Crippen LogP contribution in [0, 0.1) is 0 Å². The summed E-state index contributed by atoms with van der Waals surface area (Å²) in [4.78, 5) is 9.17. The zero-order chi connectivity index (χ0) is 18.2. The molecule has 3 aromatic heterocycles. The number of halogens is 1. The molecule has 0 spiro atoms. The second-order valence-corrected chi connectivity index (χ2v) is 6.35. The van der Waals surface area contributed by atoms with Gasteiger partial charge in [-0.3, -0.25) is 4.98 Å². The van der Waals surface area contributed by atoms with Crippen LogP contribution in [0.3, 0.4) is 0 Å². The highest BCUT2D eigenvalue weighted by atomic mass is 35.5. The Labute approximate surface area is 158 Å². The van der Waals surface area contributed by atoms with Crippen molar-refractivity contribution in [2.75, 3.05) is 5.32 Å². The molecule has 27 heavy (non-hydrogen) atoms. The number of aromatic amines is 1. The highest BCUT2D eigenvalue weighted by Gasteiger charge is 2.14. The molecule has 0 bridgehead atoms. The van der Waals surface area contributed by atoms with Gasteiger partial charge in [0.15, 0.2) is 5.82 Å². The summed E-state index contributed by atoms with van der Waals surface area (Å²) in [5.74, 6) is 1.24. The van der Waals surface area contributed by atoms with E-state index in [4.69, 9.17) is 16.6 Å². The van der Waals surface area contributed by atoms with Crippen LogP contribution in [-0.2, 0) is 0 Å². The van der Waals surface area contributed by atoms with Crippen molar-refractivity contribution >= 4 is 44.8 Å². The normalized spacial score (nSPS) is 11.1. The van der Waals surface area contributed by atoms with Crippen LogP contribution < -0.4 is 5.32 Å². The summed E-state index contributed by atoms with van der Waals surface area (Å²) < 4.78 is 0. The number of tetrazole rings is 1. The summed E-state index contributed by atoms with van der Waals surface area (Å²) >= 11 is 6.32. The number of hydrogen-bond donors (Lipinski definition) is 2. The van der Waals surface area contributed by atoms with E-state index >= 15 is 0 Å². The third-order valence-electron chi connectivity index (χ3n) is 4.35. The van der Waals surface area contributed by atoms with Gasteiger partial charge in [-0.25, -0.2) is 10.1 Å². The fraction of sp³-hybridized carbons (Fsp3) is 0. The standard InChI is InChI=1S/C19H12ClN7/c20-15-6-1-2-7-16(15)22-18-12-8-9-21-10-14(12)11-4-3-5-13(17(11)23-18)19-24-26-27-25-19/h1-10H,(H,22,23)(H,24,25,26,27). The van der Waals surface area contributed by atoms with Gasteiger partial charge in [-0.15, -0.1) is 5.10 Å². The molecule has 8 heteroatoms. The lowest BCUT2D eigenvalue weighted by molar-refractivity contribution is 0.881. The number of H-pyrrole nitrogens is 1. The molecule has 0 atom stereocenters. The minimum atomic E-state index is 0.556. The molecular formula is C19H12ClN7. The smallest absolute Gasteiger partial charge is 0.181 e. The Morgan fingerprint density at radius 1 is 0.926 bits per heavy atom. The molecular weight excluding hydrogens is 362 g/mol. The van der Waals surface area contributed by atoms with Gasteiger partial charge in [-0.1, -0.05) is 35.9 Å². The Kier molecular flexibility index (Phi) is 3.65. The van der Waals surface area contributed by atoms with Gasteiger partial charge in [0, 0.05) is 34.1 Å². The lowest BCUT2D eigenvalue weighted by atomic mass is 10.0. The van der Waals surface area contributed by atoms with Crippen molar-refractivity contribution in [3.63, 3.8) is 0 Å². The number of anilines is 2. The first kappa shape index (κ1) is 15.7. The van der Waals surface area contributed by atoms with Crippen LogP contribution in [0.25, 0.3) is 33.1 Å². The number of nitrogens with one attached hydrogen (secondary N) is 2. The largest absolute Gasteiger partial charge is 0.338 e. The lowest BCUT2D eigenvalue weighted by Crippen LogP contribution is -1.98. The van der Waals surface area contributed by atoms with Crippen molar-refractivity contribution in [3.8, 4) is 11.4 Å². The number of pyridine rings is 2. The third-order valence-corrected chi connectivity index (χ3v) is 4.68. The number of nitrogens with zero attached hydrogens (tertiary/aromatic N) is 5. The fourth-order valence-electron chi connectivity index (χ4n) is 3.12. The molecule has 0 unspecified atom stereocenters. The van der Waals surface area contributed by atoms with E-state index < -0.39 is 0 Å². The van der Waals surface area contributed by atoms with Crippen molar-refractivity contribution in [1.82, 2.24) is 30.6 Å². The summed E-state index contributed by atoms with van der Waals surface area (Å²) in [5, 5.41) is 21.0. The molecule has 0 fully saturated rings. The number of para-hydroxylation sites is 2. The van der Waals surface area contributed by atoms with Gasteiger partial charge < -0.3 is 5.32 Å². The van der Waals surface area contributed by atoms with E-state index in [0.29, 0.717) is 16.7 Å². The zero-order valence-electron chi connectivity index (χ0n) is 13.9. The molecule has 3 heterocycles. The highest BCUT2D eigenvalue weighted by molar-refractivity contribution is 6.33. The Morgan fingerprint density at radius 2 is 1.85 bits per heavy atom. The SMILES string of the molecule is Clc1ccccc1Nc1nc2c(-c3nnn[nH]3)cccc2c2cnccc12. The van der Waals surface area contributed by atoms with Gasteiger partial charge in [0.2, 0.25) is 0 Å². The topological polar surface area (TPSA) is 92.3 Å². The predicted molar refractivity (Wildman–Crippen MR) is 105 cm³/mol. The number of rotatable bonds is 3. The van der Waals surface area contributed by atoms with Crippen LogP contribution in [0.2, 0.25) is 5.02 Å². The highest BCUT2D eigenvalue weighted by Crippen LogP contribution is 2.35. The number of hydrogen-bond acceptors (Lipinski definition) is 6. The zero-order valence-corrected chi connectivity index (χ0v) is 14.6. The molecule has 2 aromatic carbocycles. The van der Waals surface area contributed by atoms with Gasteiger partial charge in [0.25, 0.3) is 0 Å². The van der Waals surface area contributed by atoms with Crippen molar-refractivity contribution < 1.29 is 0 Å². The maximum Gasteiger partial charge on any atom is 0.181 e. The predicted octanol–water partition coefficient (Wildman–Crippen LogP) is 4.36. The van der Waals surface area contributed by atoms with Crippen LogP contribution in [0.15, 0.2) is 60.9 Å². The van der Waals surface area contributed by atoms with Gasteiger partial charge in [-0.05, 0) is 34.7 Å². The Morgan fingerprint density at radius 3 is 2.70 bits per heavy atom. The molecule has 0 amide bonds. The van der Waals surface area contributed by atoms with E-state index in [-0.39, 0.29) is 0 Å². The monoisotopic (exact) mass is 373 g/mol. The molecule has 0 aliphatic carbocycles. The maximum atomic E-state index is 6.32. The number of aromatic nitrogens is 6. The fourth-order valence-corrected chi connectivity index (χ4v) is 3.30. The van der Waals surface area contributed by atoms with E-state index in [1.54, 1.807) is 6.20 Å². The summed E-state index contributed by atoms with van der Waals surface area (Å²) in [6.07, 6.45) is 3.58. The second kappa shape index (κ2) is 6.30. The van der Waals surface area contributed by atoms with E-state index in [1.165, 1.54) is 0 Å². The van der Waals surface area contributed by atoms with E-state index in [1.807, 2.05) is 54.7 Å². The molecule has 0 aliphatic rings. The Hall–Kier alpha value is -3.58. The van der Waals surface area contributed by atoms with E-state index in [2.05, 4.69) is 30.9 Å². The minimum absolute atomic E-state index is 0.556. The summed E-state index contributed by atoms with van der Waals surface area (Å²) in [6, 6.07) is 15.4. The lowest BCUT2D eigenvalue weighted by Gasteiger charge is -2.13. The molecule has 130 valence electrons. The quantitative estimate of drug-likeness (QED) is 0.456. The first-order valence-electron chi connectivity index (χ1n) is 8.23. The van der Waals surface area contributed by atoms with Crippen LogP contribution in [0.1, 0.15) is 0 Å². The van der Waals surface area contributed by atoms with Crippen molar-refractivity contribution in [3.05, 3.63) is 65.9 Å². The number of benzene rings is 2. The summed E-state index contributed by atoms with van der Waals surface area (Å²) in [6.45, 7) is 0. The van der Waals surface area contributed by atoms with E-state index in [0.717, 1.165) is 32.9 Å². The van der Waals surface area contributed by atoms with Crippen LogP contribution in [0.4, 0.5) is 11.5 Å². The first-order valence-corrected chi connectivity index (χ1v) is 8.61. The maximum absolute atomic E-state index is 6.32. The summed E-state index contributed by atoms with van der Waals surface area (Å²) in [7, 11) is 0. The van der Waals surface area contributed by atoms with Gasteiger partial charge in [0.1, 0.15) is 5.82 Å². The Balaban J connectivity index is 1.81. The Bertz CT molecular complexity index is 1270. The molecule has 0 aliphatic heterocycles. The second-order valence-electron chi connectivity index (χ2n) is 5.94. The van der Waals surface area contributed by atoms with Crippen LogP contribution in [0.5, 0.6) is 0 Å². The molecule has 0 saturated carbocycles. The van der Waals surface area contributed by atoms with Crippen LogP contribution in [-0.4, -0.2) is 30.6 Å². The van der Waals surface area contributed by atoms with Gasteiger partial charge in [0.05, 0.1) is 16.2 Å². The van der Waals surface area contributed by atoms with E-state index in [9.17, 15) is 0 Å². The van der Waals surface area contributed by atoms with Crippen molar-refractivity contribution in [1.29, 1.82) is 0 Å². The van der Waals surface area contributed by atoms with Gasteiger partial charge in [-0.2, -0.15) is 0 Å². The first-order chi connectivity index (χ1) is 13.3. The average molecular weight is 374 g/mol. The number of fused-ring (bicyclic) bond motifs is 3. The molecule has 0 radical (unpaired) electrons. The van der Waals surface area contributed by atoms with Crippen molar-refractivity contribution in [2.24, 2.45) is 0 Å². The molecule has 7 nitrogen and oxygen atoms in total. The summed E-state index contributed by atoms with van der Waals surface area (Å²) in [5.41, 5.74) is 2.36. The van der Waals surface area contributed by atoms with Crippen LogP contribution >= 0.6 is 11.6 Å². The third kappa shape index (κ3) is 2.65. The van der Waals surface area contributed by atoms with Crippen molar-refractivity contribution in [2.45, 2.75) is 0 Å².